The third kappa shape index (κ3) is 4.06. The molecule has 2 aromatic heterocycles. The molecule has 0 bridgehead atoms. The predicted molar refractivity (Wildman–Crippen MR) is 92.6 cm³/mol. The predicted octanol–water partition coefficient (Wildman–Crippen LogP) is 2.04. The number of fused-ring (bicyclic) bond motifs is 1. The Kier molecular flexibility index (Phi) is 5.38. The minimum Gasteiger partial charge on any atom is -0.465 e. The van der Waals surface area contributed by atoms with Gasteiger partial charge in [0.15, 0.2) is 0 Å². The Morgan fingerprint density at radius 1 is 1.29 bits per heavy atom. The topological polar surface area (TPSA) is 57.7 Å². The lowest BCUT2D eigenvalue weighted by atomic mass is 10.2. The van der Waals surface area contributed by atoms with Crippen LogP contribution in [0.4, 0.5) is 0 Å². The van der Waals surface area contributed by atoms with Crippen molar-refractivity contribution < 1.29 is 9.52 Å². The Labute approximate surface area is 143 Å². The molecular formula is C18H28N4O2. The summed E-state index contributed by atoms with van der Waals surface area (Å²) < 4.78 is 7.89. The quantitative estimate of drug-likeness (QED) is 0.877. The molecule has 6 heteroatoms. The lowest BCUT2D eigenvalue weighted by Gasteiger charge is -2.18. The van der Waals surface area contributed by atoms with Crippen LogP contribution in [-0.2, 0) is 26.1 Å². The van der Waals surface area contributed by atoms with Crippen molar-refractivity contribution in [3.63, 3.8) is 0 Å². The van der Waals surface area contributed by atoms with Gasteiger partial charge in [-0.2, -0.15) is 5.10 Å². The first kappa shape index (κ1) is 17.2. The van der Waals surface area contributed by atoms with Crippen LogP contribution in [0.3, 0.4) is 0 Å². The minimum absolute atomic E-state index is 0.537. The molecule has 24 heavy (non-hydrogen) atoms. The summed E-state index contributed by atoms with van der Waals surface area (Å²) in [6, 6.07) is 6.19. The fourth-order valence-corrected chi connectivity index (χ4v) is 3.21. The summed E-state index contributed by atoms with van der Waals surface area (Å²) in [6.45, 7) is 6.28. The SMILES string of the molecule is CCc1ccc(CN2CCCn3nc(C(O)CN(C)C)cc3C2)o1. The van der Waals surface area contributed by atoms with Crippen molar-refractivity contribution in [2.45, 2.75) is 45.5 Å². The highest BCUT2D eigenvalue weighted by atomic mass is 16.3. The van der Waals surface area contributed by atoms with Crippen molar-refractivity contribution in [3.8, 4) is 0 Å². The molecule has 1 N–H and O–H groups in total. The van der Waals surface area contributed by atoms with Gasteiger partial charge in [0.1, 0.15) is 17.6 Å². The zero-order valence-electron chi connectivity index (χ0n) is 14.9. The molecule has 0 saturated carbocycles. The lowest BCUT2D eigenvalue weighted by molar-refractivity contribution is 0.133. The number of aliphatic hydroxyl groups excluding tert-OH is 1. The van der Waals surface area contributed by atoms with Gasteiger partial charge in [0.2, 0.25) is 0 Å². The summed E-state index contributed by atoms with van der Waals surface area (Å²) >= 11 is 0. The number of nitrogens with zero attached hydrogens (tertiary/aromatic N) is 4. The van der Waals surface area contributed by atoms with E-state index in [-0.39, 0.29) is 0 Å². The summed E-state index contributed by atoms with van der Waals surface area (Å²) in [7, 11) is 3.92. The maximum Gasteiger partial charge on any atom is 0.118 e. The summed E-state index contributed by atoms with van der Waals surface area (Å²) in [5.41, 5.74) is 1.94. The molecular weight excluding hydrogens is 304 g/mol. The summed E-state index contributed by atoms with van der Waals surface area (Å²) in [5.74, 6) is 2.06. The lowest BCUT2D eigenvalue weighted by Crippen LogP contribution is -2.22. The van der Waals surface area contributed by atoms with E-state index >= 15 is 0 Å². The molecule has 3 rings (SSSR count). The highest BCUT2D eigenvalue weighted by Gasteiger charge is 2.20. The fraction of sp³-hybridized carbons (Fsp3) is 0.611. The number of hydrogen-bond donors (Lipinski definition) is 1. The van der Waals surface area contributed by atoms with Crippen molar-refractivity contribution in [3.05, 3.63) is 41.1 Å². The van der Waals surface area contributed by atoms with Crippen LogP contribution in [0.5, 0.6) is 0 Å². The van der Waals surface area contributed by atoms with Crippen LogP contribution >= 0.6 is 0 Å². The maximum atomic E-state index is 10.3. The van der Waals surface area contributed by atoms with E-state index in [1.165, 1.54) is 5.69 Å². The zero-order chi connectivity index (χ0) is 17.1. The number of aromatic nitrogens is 2. The molecule has 1 aliphatic rings. The minimum atomic E-state index is -0.537. The van der Waals surface area contributed by atoms with E-state index in [0.717, 1.165) is 56.2 Å². The van der Waals surface area contributed by atoms with Gasteiger partial charge in [-0.1, -0.05) is 6.92 Å². The van der Waals surface area contributed by atoms with Crippen LogP contribution < -0.4 is 0 Å². The summed E-state index contributed by atoms with van der Waals surface area (Å²) in [6.07, 6.45) is 1.45. The Balaban J connectivity index is 1.69. The average molecular weight is 332 g/mol. The third-order valence-corrected chi connectivity index (χ3v) is 4.44. The van der Waals surface area contributed by atoms with E-state index in [1.807, 2.05) is 29.7 Å². The van der Waals surface area contributed by atoms with E-state index in [9.17, 15) is 5.11 Å². The van der Waals surface area contributed by atoms with Crippen molar-refractivity contribution in [1.82, 2.24) is 19.6 Å². The second-order valence-corrected chi connectivity index (χ2v) is 6.85. The highest BCUT2D eigenvalue weighted by Crippen LogP contribution is 2.20. The molecule has 0 saturated heterocycles. The second kappa shape index (κ2) is 7.51. The molecule has 132 valence electrons. The Bertz CT molecular complexity index is 662. The van der Waals surface area contributed by atoms with E-state index < -0.39 is 6.10 Å². The Morgan fingerprint density at radius 3 is 2.79 bits per heavy atom. The molecule has 1 atom stereocenters. The van der Waals surface area contributed by atoms with Gasteiger partial charge >= 0.3 is 0 Å². The van der Waals surface area contributed by atoms with Crippen molar-refractivity contribution in [1.29, 1.82) is 0 Å². The van der Waals surface area contributed by atoms with Crippen LogP contribution in [0.15, 0.2) is 22.6 Å². The molecule has 1 aliphatic heterocycles. The number of furan rings is 1. The normalized spacial score (nSPS) is 17.0. The molecule has 2 aromatic rings. The van der Waals surface area contributed by atoms with Gasteiger partial charge in [-0.25, -0.2) is 0 Å². The first-order valence-electron chi connectivity index (χ1n) is 8.74. The van der Waals surface area contributed by atoms with Crippen LogP contribution in [-0.4, -0.2) is 51.9 Å². The van der Waals surface area contributed by atoms with Crippen molar-refractivity contribution in [2.75, 3.05) is 27.2 Å². The molecule has 6 nitrogen and oxygen atoms in total. The average Bonchev–Trinajstić information content (AvgIpc) is 3.10. The van der Waals surface area contributed by atoms with Crippen LogP contribution in [0.25, 0.3) is 0 Å². The molecule has 0 aliphatic carbocycles. The number of aliphatic hydroxyl groups is 1. The van der Waals surface area contributed by atoms with Gasteiger partial charge < -0.3 is 14.4 Å². The number of hydrogen-bond acceptors (Lipinski definition) is 5. The first-order chi connectivity index (χ1) is 11.5. The number of likely N-dealkylation sites (N-methyl/N-ethyl adjacent to an activating group) is 1. The smallest absolute Gasteiger partial charge is 0.118 e. The van der Waals surface area contributed by atoms with Gasteiger partial charge in [-0.05, 0) is 38.7 Å². The van der Waals surface area contributed by atoms with Crippen LogP contribution in [0.2, 0.25) is 0 Å². The molecule has 3 heterocycles. The highest BCUT2D eigenvalue weighted by molar-refractivity contribution is 5.14. The summed E-state index contributed by atoms with van der Waals surface area (Å²) in [5, 5.41) is 14.9. The maximum absolute atomic E-state index is 10.3. The Morgan fingerprint density at radius 2 is 2.08 bits per heavy atom. The van der Waals surface area contributed by atoms with Gasteiger partial charge in [0.25, 0.3) is 0 Å². The van der Waals surface area contributed by atoms with Crippen LogP contribution in [0.1, 0.15) is 42.4 Å². The number of aryl methyl sites for hydroxylation is 2. The molecule has 0 spiro atoms. The molecule has 0 radical (unpaired) electrons. The van der Waals surface area contributed by atoms with Gasteiger partial charge in [-0.3, -0.25) is 9.58 Å². The van der Waals surface area contributed by atoms with Gasteiger partial charge in [0, 0.05) is 32.6 Å². The number of rotatable bonds is 6. The first-order valence-corrected chi connectivity index (χ1v) is 8.74. The molecule has 0 amide bonds. The van der Waals surface area contributed by atoms with Crippen LogP contribution in [0, 0.1) is 0 Å². The van der Waals surface area contributed by atoms with Gasteiger partial charge in [0.05, 0.1) is 17.9 Å². The van der Waals surface area contributed by atoms with Crippen molar-refractivity contribution >= 4 is 0 Å². The van der Waals surface area contributed by atoms with Crippen molar-refractivity contribution in [2.24, 2.45) is 0 Å². The Hall–Kier alpha value is -1.63. The summed E-state index contributed by atoms with van der Waals surface area (Å²) in [4.78, 5) is 4.37. The largest absolute Gasteiger partial charge is 0.465 e. The second-order valence-electron chi connectivity index (χ2n) is 6.85. The molecule has 0 aromatic carbocycles. The standard InChI is InChI=1S/C18H28N4O2/c1-4-15-6-7-16(24-15)12-21-8-5-9-22-14(11-21)10-17(19-22)18(23)13-20(2)3/h6-7,10,18,23H,4-5,8-9,11-13H2,1-3H3. The fourth-order valence-electron chi connectivity index (χ4n) is 3.21. The van der Waals surface area contributed by atoms with E-state index in [2.05, 4.69) is 29.1 Å². The molecule has 0 fully saturated rings. The monoisotopic (exact) mass is 332 g/mol. The van der Waals surface area contributed by atoms with E-state index in [4.69, 9.17) is 4.42 Å². The van der Waals surface area contributed by atoms with E-state index in [1.54, 1.807) is 0 Å². The molecule has 1 unspecified atom stereocenters. The van der Waals surface area contributed by atoms with E-state index in [0.29, 0.717) is 6.54 Å². The van der Waals surface area contributed by atoms with Gasteiger partial charge in [-0.15, -0.1) is 0 Å². The third-order valence-electron chi connectivity index (χ3n) is 4.44. The zero-order valence-corrected chi connectivity index (χ0v) is 14.9.